The molecule has 0 aliphatic heterocycles. The van der Waals surface area contributed by atoms with E-state index in [1.807, 2.05) is 13.0 Å². The Labute approximate surface area is 105 Å². The van der Waals surface area contributed by atoms with E-state index < -0.39 is 0 Å². The molecule has 1 heterocycles. The lowest BCUT2D eigenvalue weighted by Crippen LogP contribution is -2.05. The SMILES string of the molecule is C=C(C)Cn1nnc(CN)c1-c1cccc(F)c1. The first-order chi connectivity index (χ1) is 8.61. The van der Waals surface area contributed by atoms with E-state index in [9.17, 15) is 4.39 Å². The van der Waals surface area contributed by atoms with Crippen LogP contribution in [0.4, 0.5) is 4.39 Å². The molecule has 0 spiro atoms. The first-order valence-corrected chi connectivity index (χ1v) is 5.64. The number of halogens is 1. The second-order valence-corrected chi connectivity index (χ2v) is 4.21. The molecule has 94 valence electrons. The van der Waals surface area contributed by atoms with Gasteiger partial charge in [-0.1, -0.05) is 29.5 Å². The van der Waals surface area contributed by atoms with E-state index in [1.165, 1.54) is 12.1 Å². The van der Waals surface area contributed by atoms with Gasteiger partial charge in [0, 0.05) is 12.1 Å². The van der Waals surface area contributed by atoms with Crippen LogP contribution in [0, 0.1) is 5.82 Å². The van der Waals surface area contributed by atoms with Crippen LogP contribution in [0.15, 0.2) is 36.4 Å². The van der Waals surface area contributed by atoms with Gasteiger partial charge in [0.25, 0.3) is 0 Å². The highest BCUT2D eigenvalue weighted by molar-refractivity contribution is 5.62. The van der Waals surface area contributed by atoms with Crippen LogP contribution < -0.4 is 5.73 Å². The molecule has 0 atom stereocenters. The van der Waals surface area contributed by atoms with Gasteiger partial charge in [-0.05, 0) is 19.1 Å². The summed E-state index contributed by atoms with van der Waals surface area (Å²) in [7, 11) is 0. The molecule has 18 heavy (non-hydrogen) atoms. The second-order valence-electron chi connectivity index (χ2n) is 4.21. The van der Waals surface area contributed by atoms with Gasteiger partial charge in [0.1, 0.15) is 11.5 Å². The summed E-state index contributed by atoms with van der Waals surface area (Å²) in [5.74, 6) is -0.293. The Kier molecular flexibility index (Phi) is 3.53. The molecule has 0 amide bonds. The average molecular weight is 246 g/mol. The summed E-state index contributed by atoms with van der Waals surface area (Å²) >= 11 is 0. The van der Waals surface area contributed by atoms with Crippen molar-refractivity contribution in [2.45, 2.75) is 20.0 Å². The molecule has 0 saturated carbocycles. The van der Waals surface area contributed by atoms with Crippen molar-refractivity contribution < 1.29 is 4.39 Å². The molecule has 5 heteroatoms. The fourth-order valence-electron chi connectivity index (χ4n) is 1.80. The number of benzene rings is 1. The van der Waals surface area contributed by atoms with Crippen molar-refractivity contribution in [3.8, 4) is 11.3 Å². The van der Waals surface area contributed by atoms with E-state index in [4.69, 9.17) is 5.73 Å². The Morgan fingerprint density at radius 3 is 2.89 bits per heavy atom. The van der Waals surface area contributed by atoms with E-state index >= 15 is 0 Å². The van der Waals surface area contributed by atoms with Crippen molar-refractivity contribution in [3.63, 3.8) is 0 Å². The summed E-state index contributed by atoms with van der Waals surface area (Å²) < 4.78 is 15.0. The van der Waals surface area contributed by atoms with Crippen LogP contribution in [-0.2, 0) is 13.1 Å². The first-order valence-electron chi connectivity index (χ1n) is 5.64. The van der Waals surface area contributed by atoms with Gasteiger partial charge in [0.05, 0.1) is 12.2 Å². The highest BCUT2D eigenvalue weighted by Gasteiger charge is 2.14. The van der Waals surface area contributed by atoms with Crippen LogP contribution >= 0.6 is 0 Å². The van der Waals surface area contributed by atoms with Gasteiger partial charge in [-0.3, -0.25) is 0 Å². The average Bonchev–Trinajstić information content (AvgIpc) is 2.71. The molecule has 0 saturated heterocycles. The zero-order valence-electron chi connectivity index (χ0n) is 10.2. The van der Waals surface area contributed by atoms with E-state index in [2.05, 4.69) is 16.9 Å². The number of aromatic nitrogens is 3. The fourth-order valence-corrected chi connectivity index (χ4v) is 1.80. The van der Waals surface area contributed by atoms with E-state index in [1.54, 1.807) is 10.7 Å². The van der Waals surface area contributed by atoms with Crippen LogP contribution in [0.2, 0.25) is 0 Å². The molecule has 0 radical (unpaired) electrons. The summed E-state index contributed by atoms with van der Waals surface area (Å²) in [6.45, 7) is 6.55. The fraction of sp³-hybridized carbons (Fsp3) is 0.231. The molecule has 0 fully saturated rings. The van der Waals surface area contributed by atoms with Gasteiger partial charge >= 0.3 is 0 Å². The number of rotatable bonds is 4. The predicted molar refractivity (Wildman–Crippen MR) is 68.1 cm³/mol. The largest absolute Gasteiger partial charge is 0.325 e. The minimum atomic E-state index is -0.293. The van der Waals surface area contributed by atoms with Crippen molar-refractivity contribution >= 4 is 0 Å². The number of nitrogens with zero attached hydrogens (tertiary/aromatic N) is 3. The Bertz CT molecular complexity index is 574. The molecule has 1 aromatic carbocycles. The summed E-state index contributed by atoms with van der Waals surface area (Å²) in [5, 5.41) is 8.05. The van der Waals surface area contributed by atoms with Gasteiger partial charge in [-0.25, -0.2) is 9.07 Å². The monoisotopic (exact) mass is 246 g/mol. The maximum Gasteiger partial charge on any atom is 0.123 e. The van der Waals surface area contributed by atoms with Gasteiger partial charge < -0.3 is 5.73 Å². The topological polar surface area (TPSA) is 56.7 Å². The Morgan fingerprint density at radius 1 is 1.50 bits per heavy atom. The molecule has 0 aliphatic carbocycles. The Morgan fingerprint density at radius 2 is 2.28 bits per heavy atom. The maximum atomic E-state index is 13.3. The molecule has 2 N–H and O–H groups in total. The third-order valence-corrected chi connectivity index (χ3v) is 2.52. The quantitative estimate of drug-likeness (QED) is 0.841. The first kappa shape index (κ1) is 12.4. The lowest BCUT2D eigenvalue weighted by molar-refractivity contribution is 0.626. The lowest BCUT2D eigenvalue weighted by Gasteiger charge is -2.07. The highest BCUT2D eigenvalue weighted by Crippen LogP contribution is 2.23. The summed E-state index contributed by atoms with van der Waals surface area (Å²) in [6.07, 6.45) is 0. The zero-order valence-corrected chi connectivity index (χ0v) is 10.2. The third kappa shape index (κ3) is 2.46. The van der Waals surface area contributed by atoms with Crippen LogP contribution in [0.3, 0.4) is 0 Å². The predicted octanol–water partition coefficient (Wildman–Crippen LogP) is 2.12. The molecule has 0 bridgehead atoms. The lowest BCUT2D eigenvalue weighted by atomic mass is 10.1. The number of allylic oxidation sites excluding steroid dienone is 1. The Balaban J connectivity index is 2.53. The molecule has 2 aromatic rings. The van der Waals surface area contributed by atoms with Crippen molar-refractivity contribution in [2.24, 2.45) is 5.73 Å². The number of nitrogens with two attached hydrogens (primary N) is 1. The minimum Gasteiger partial charge on any atom is -0.325 e. The number of hydrogen-bond acceptors (Lipinski definition) is 3. The second kappa shape index (κ2) is 5.10. The molecule has 4 nitrogen and oxygen atoms in total. The summed E-state index contributed by atoms with van der Waals surface area (Å²) in [5.41, 5.74) is 8.71. The van der Waals surface area contributed by atoms with Gasteiger partial charge in [0.15, 0.2) is 0 Å². The van der Waals surface area contributed by atoms with E-state index in [0.29, 0.717) is 12.2 Å². The molecule has 1 aromatic heterocycles. The van der Waals surface area contributed by atoms with E-state index in [-0.39, 0.29) is 12.4 Å². The zero-order chi connectivity index (χ0) is 13.1. The van der Waals surface area contributed by atoms with Crippen molar-refractivity contribution in [1.82, 2.24) is 15.0 Å². The molecule has 0 aliphatic rings. The summed E-state index contributed by atoms with van der Waals surface area (Å²) in [4.78, 5) is 0. The van der Waals surface area contributed by atoms with Crippen LogP contribution in [0.1, 0.15) is 12.6 Å². The maximum absolute atomic E-state index is 13.3. The van der Waals surface area contributed by atoms with Crippen molar-refractivity contribution in [2.75, 3.05) is 0 Å². The Hall–Kier alpha value is -2.01. The number of hydrogen-bond donors (Lipinski definition) is 1. The molecule has 2 rings (SSSR count). The normalized spacial score (nSPS) is 10.6. The highest BCUT2D eigenvalue weighted by atomic mass is 19.1. The summed E-state index contributed by atoms with van der Waals surface area (Å²) in [6, 6.07) is 6.32. The van der Waals surface area contributed by atoms with Gasteiger partial charge in [0.2, 0.25) is 0 Å². The van der Waals surface area contributed by atoms with Gasteiger partial charge in [-0.2, -0.15) is 0 Å². The molecular formula is C13H15FN4. The van der Waals surface area contributed by atoms with Crippen LogP contribution in [0.25, 0.3) is 11.3 Å². The van der Waals surface area contributed by atoms with Gasteiger partial charge in [-0.15, -0.1) is 5.10 Å². The van der Waals surface area contributed by atoms with Crippen molar-refractivity contribution in [1.29, 1.82) is 0 Å². The van der Waals surface area contributed by atoms with Crippen LogP contribution in [0.5, 0.6) is 0 Å². The smallest absolute Gasteiger partial charge is 0.123 e. The van der Waals surface area contributed by atoms with Crippen molar-refractivity contribution in [3.05, 3.63) is 47.9 Å². The van der Waals surface area contributed by atoms with Crippen LogP contribution in [-0.4, -0.2) is 15.0 Å². The molecule has 0 unspecified atom stereocenters. The standard InChI is InChI=1S/C13H15FN4/c1-9(2)8-18-13(12(7-15)16-17-18)10-4-3-5-11(14)6-10/h3-6H,1,7-8,15H2,2H3. The molecular weight excluding hydrogens is 231 g/mol. The van der Waals surface area contributed by atoms with E-state index in [0.717, 1.165) is 16.8 Å². The minimum absolute atomic E-state index is 0.266. The third-order valence-electron chi connectivity index (χ3n) is 2.52.